The van der Waals surface area contributed by atoms with Gasteiger partial charge in [-0.05, 0) is 61.9 Å². The van der Waals surface area contributed by atoms with E-state index in [-0.39, 0.29) is 5.70 Å². The molecule has 0 radical (unpaired) electrons. The first kappa shape index (κ1) is 28.8. The monoisotopic (exact) mass is 530 g/mol. The van der Waals surface area contributed by atoms with E-state index in [0.29, 0.717) is 28.4 Å². The molecule has 2 N–H and O–H groups in total. The summed E-state index contributed by atoms with van der Waals surface area (Å²) < 4.78 is 16.1. The Bertz CT molecular complexity index is 1290. The molecular formula is C30H34N4O5. The van der Waals surface area contributed by atoms with Crippen molar-refractivity contribution in [1.82, 2.24) is 10.7 Å². The van der Waals surface area contributed by atoms with Gasteiger partial charge in [0.2, 0.25) is 5.75 Å². The molecule has 0 bridgehead atoms. The average Bonchev–Trinajstić information content (AvgIpc) is 2.97. The lowest BCUT2D eigenvalue weighted by atomic mass is 10.1. The van der Waals surface area contributed by atoms with E-state index in [1.54, 1.807) is 42.5 Å². The number of ether oxygens (including phenoxy) is 3. The third kappa shape index (κ3) is 7.61. The predicted molar refractivity (Wildman–Crippen MR) is 154 cm³/mol. The Labute approximate surface area is 229 Å². The molecule has 0 saturated carbocycles. The van der Waals surface area contributed by atoms with Crippen LogP contribution in [0.4, 0.5) is 5.69 Å². The number of rotatable bonds is 12. The molecule has 9 nitrogen and oxygen atoms in total. The largest absolute Gasteiger partial charge is 0.493 e. The van der Waals surface area contributed by atoms with Crippen LogP contribution in [0.5, 0.6) is 17.2 Å². The number of anilines is 1. The molecule has 204 valence electrons. The standard InChI is InChI=1S/C30H34N4O5/c1-6-34(7-2)24-15-13-21(14-16-24)17-25(32-29(35)23-11-9-8-10-12-23)30(36)33-31-20-22-18-26(37-3)28(39-5)27(19-22)38-4/h8-20H,6-7H2,1-5H3,(H,32,35)(H,33,36)/b25-17+,31-20+. The van der Waals surface area contributed by atoms with Crippen LogP contribution in [0.3, 0.4) is 0 Å². The van der Waals surface area contributed by atoms with Crippen LogP contribution < -0.4 is 29.9 Å². The quantitative estimate of drug-likeness (QED) is 0.203. The second kappa shape index (κ2) is 14.2. The summed E-state index contributed by atoms with van der Waals surface area (Å²) in [6.45, 7) is 5.96. The van der Waals surface area contributed by atoms with Gasteiger partial charge in [0.05, 0.1) is 27.5 Å². The molecule has 0 fully saturated rings. The van der Waals surface area contributed by atoms with E-state index < -0.39 is 11.8 Å². The first-order valence-electron chi connectivity index (χ1n) is 12.5. The molecule has 0 atom stereocenters. The number of nitrogens with one attached hydrogen (secondary N) is 2. The maximum absolute atomic E-state index is 13.1. The molecule has 0 saturated heterocycles. The summed E-state index contributed by atoms with van der Waals surface area (Å²) in [5, 5.41) is 6.79. The Hall–Kier alpha value is -4.79. The van der Waals surface area contributed by atoms with Crippen LogP contribution in [0.25, 0.3) is 6.08 Å². The molecule has 9 heteroatoms. The first-order chi connectivity index (χ1) is 18.9. The molecular weight excluding hydrogens is 496 g/mol. The number of benzene rings is 3. The van der Waals surface area contributed by atoms with E-state index in [9.17, 15) is 9.59 Å². The van der Waals surface area contributed by atoms with Gasteiger partial charge in [-0.1, -0.05) is 30.3 Å². The van der Waals surface area contributed by atoms with Crippen molar-refractivity contribution in [2.24, 2.45) is 5.10 Å². The minimum Gasteiger partial charge on any atom is -0.493 e. The molecule has 0 heterocycles. The van der Waals surface area contributed by atoms with Crippen molar-refractivity contribution >= 4 is 29.8 Å². The highest BCUT2D eigenvalue weighted by molar-refractivity contribution is 6.05. The minimum atomic E-state index is -0.587. The molecule has 3 aromatic carbocycles. The van der Waals surface area contributed by atoms with Crippen molar-refractivity contribution in [2.75, 3.05) is 39.3 Å². The summed E-state index contributed by atoms with van der Waals surface area (Å²) in [5.41, 5.74) is 5.38. The molecule has 0 aliphatic heterocycles. The number of hydrogen-bond donors (Lipinski definition) is 2. The van der Waals surface area contributed by atoms with Gasteiger partial charge in [0.25, 0.3) is 11.8 Å². The smallest absolute Gasteiger partial charge is 0.287 e. The SMILES string of the molecule is CCN(CC)c1ccc(/C=C(/NC(=O)c2ccccc2)C(=O)N/N=C/c2cc(OC)c(OC)c(OC)c2)cc1. The normalized spacial score (nSPS) is 11.2. The molecule has 0 spiro atoms. The second-order valence-corrected chi connectivity index (χ2v) is 8.30. The Morgan fingerprint density at radius 2 is 1.46 bits per heavy atom. The Morgan fingerprint density at radius 1 is 0.846 bits per heavy atom. The molecule has 2 amide bonds. The zero-order valence-electron chi connectivity index (χ0n) is 22.9. The molecule has 39 heavy (non-hydrogen) atoms. The fourth-order valence-electron chi connectivity index (χ4n) is 3.88. The third-order valence-corrected chi connectivity index (χ3v) is 5.93. The third-order valence-electron chi connectivity index (χ3n) is 5.93. The average molecular weight is 531 g/mol. The van der Waals surface area contributed by atoms with Crippen LogP contribution >= 0.6 is 0 Å². The van der Waals surface area contributed by atoms with E-state index in [0.717, 1.165) is 24.3 Å². The van der Waals surface area contributed by atoms with Gasteiger partial charge in [0, 0.05) is 29.9 Å². The van der Waals surface area contributed by atoms with Gasteiger partial charge in [-0.3, -0.25) is 9.59 Å². The van der Waals surface area contributed by atoms with E-state index in [2.05, 4.69) is 34.6 Å². The second-order valence-electron chi connectivity index (χ2n) is 8.30. The molecule has 0 aliphatic rings. The highest BCUT2D eigenvalue weighted by Gasteiger charge is 2.15. The number of amides is 2. The van der Waals surface area contributed by atoms with Gasteiger partial charge >= 0.3 is 0 Å². The summed E-state index contributed by atoms with van der Waals surface area (Å²) in [4.78, 5) is 28.2. The molecule has 0 unspecified atom stereocenters. The van der Waals surface area contributed by atoms with Crippen LogP contribution in [0, 0.1) is 0 Å². The van der Waals surface area contributed by atoms with Crippen molar-refractivity contribution in [3.63, 3.8) is 0 Å². The fraction of sp³-hybridized carbons (Fsp3) is 0.233. The summed E-state index contributed by atoms with van der Waals surface area (Å²) in [6, 6.07) is 19.8. The summed E-state index contributed by atoms with van der Waals surface area (Å²) in [7, 11) is 4.55. The lowest BCUT2D eigenvalue weighted by molar-refractivity contribution is -0.117. The van der Waals surface area contributed by atoms with E-state index in [1.807, 2.05) is 30.3 Å². The molecule has 0 aromatic heterocycles. The highest BCUT2D eigenvalue weighted by atomic mass is 16.5. The van der Waals surface area contributed by atoms with Gasteiger partial charge in [-0.15, -0.1) is 0 Å². The maximum Gasteiger partial charge on any atom is 0.287 e. The van der Waals surface area contributed by atoms with E-state index >= 15 is 0 Å². The van der Waals surface area contributed by atoms with Gasteiger partial charge in [0.1, 0.15) is 5.70 Å². The summed E-state index contributed by atoms with van der Waals surface area (Å²) >= 11 is 0. The van der Waals surface area contributed by atoms with E-state index in [1.165, 1.54) is 27.5 Å². The zero-order valence-corrected chi connectivity index (χ0v) is 22.9. The van der Waals surface area contributed by atoms with Gasteiger partial charge < -0.3 is 24.4 Å². The van der Waals surface area contributed by atoms with Crippen LogP contribution in [0.15, 0.2) is 77.5 Å². The predicted octanol–water partition coefficient (Wildman–Crippen LogP) is 4.48. The van der Waals surface area contributed by atoms with Crippen molar-refractivity contribution in [1.29, 1.82) is 0 Å². The Balaban J connectivity index is 1.86. The van der Waals surface area contributed by atoms with Crippen molar-refractivity contribution in [3.05, 3.63) is 89.1 Å². The number of nitrogens with zero attached hydrogens (tertiary/aromatic N) is 2. The molecule has 0 aliphatic carbocycles. The van der Waals surface area contributed by atoms with Crippen molar-refractivity contribution in [2.45, 2.75) is 13.8 Å². The zero-order chi connectivity index (χ0) is 28.2. The maximum atomic E-state index is 13.1. The number of hydrogen-bond acceptors (Lipinski definition) is 7. The number of carbonyl (C=O) groups is 2. The molecule has 3 aromatic rings. The number of hydrazone groups is 1. The van der Waals surface area contributed by atoms with Crippen molar-refractivity contribution in [3.8, 4) is 17.2 Å². The number of methoxy groups -OCH3 is 3. The fourth-order valence-corrected chi connectivity index (χ4v) is 3.88. The Morgan fingerprint density at radius 3 is 2.00 bits per heavy atom. The van der Waals surface area contributed by atoms with Crippen LogP contribution in [0.1, 0.15) is 35.3 Å². The van der Waals surface area contributed by atoms with Crippen LogP contribution in [0.2, 0.25) is 0 Å². The molecule has 3 rings (SSSR count). The lowest BCUT2D eigenvalue weighted by Crippen LogP contribution is -2.32. The first-order valence-corrected chi connectivity index (χ1v) is 12.5. The van der Waals surface area contributed by atoms with Gasteiger partial charge in [0.15, 0.2) is 11.5 Å². The Kier molecular flexibility index (Phi) is 10.5. The van der Waals surface area contributed by atoms with Gasteiger partial charge in [-0.25, -0.2) is 5.43 Å². The summed E-state index contributed by atoms with van der Waals surface area (Å²) in [5.74, 6) is 0.352. The van der Waals surface area contributed by atoms with Gasteiger partial charge in [-0.2, -0.15) is 5.10 Å². The van der Waals surface area contributed by atoms with Crippen LogP contribution in [-0.2, 0) is 4.79 Å². The topological polar surface area (TPSA) is 101 Å². The lowest BCUT2D eigenvalue weighted by Gasteiger charge is -2.21. The number of carbonyl (C=O) groups excluding carboxylic acids is 2. The summed E-state index contributed by atoms with van der Waals surface area (Å²) in [6.07, 6.45) is 3.05. The minimum absolute atomic E-state index is 0.0430. The van der Waals surface area contributed by atoms with Crippen molar-refractivity contribution < 1.29 is 23.8 Å². The van der Waals surface area contributed by atoms with Crippen LogP contribution in [-0.4, -0.2) is 52.4 Å². The van der Waals surface area contributed by atoms with E-state index in [4.69, 9.17) is 14.2 Å². The highest BCUT2D eigenvalue weighted by Crippen LogP contribution is 2.37.